The predicted octanol–water partition coefficient (Wildman–Crippen LogP) is 2.46. The number of carbonyl (C=O) groups excluding carboxylic acids is 1. The lowest BCUT2D eigenvalue weighted by molar-refractivity contribution is -0.124. The molecule has 1 aromatic carbocycles. The van der Waals surface area contributed by atoms with Crippen LogP contribution in [0, 0.1) is 11.7 Å². The molecule has 0 saturated carbocycles. The van der Waals surface area contributed by atoms with Gasteiger partial charge in [-0.15, -0.1) is 0 Å². The molecule has 17 heavy (non-hydrogen) atoms. The molecule has 5 heteroatoms. The van der Waals surface area contributed by atoms with Gasteiger partial charge in [-0.05, 0) is 18.6 Å². The number of rotatable bonds is 4. The van der Waals surface area contributed by atoms with Gasteiger partial charge in [0.05, 0.1) is 11.6 Å². The summed E-state index contributed by atoms with van der Waals surface area (Å²) in [7, 11) is 0. The average molecular weight is 259 g/mol. The van der Waals surface area contributed by atoms with E-state index in [0.29, 0.717) is 19.0 Å². The molecule has 1 aliphatic rings. The van der Waals surface area contributed by atoms with Crippen molar-refractivity contribution in [2.45, 2.75) is 6.42 Å². The summed E-state index contributed by atoms with van der Waals surface area (Å²) in [5.74, 6) is -0.188. The molecule has 3 nitrogen and oxygen atoms in total. The minimum atomic E-state index is -0.505. The zero-order chi connectivity index (χ0) is 12.3. The number of hydrogen-bond acceptors (Lipinski definition) is 3. The molecule has 1 saturated heterocycles. The number of halogens is 2. The van der Waals surface area contributed by atoms with Crippen molar-refractivity contribution in [2.24, 2.45) is 5.92 Å². The van der Waals surface area contributed by atoms with Crippen LogP contribution in [-0.2, 0) is 9.53 Å². The third kappa shape index (κ3) is 3.17. The highest BCUT2D eigenvalue weighted by Crippen LogP contribution is 2.21. The third-order valence-corrected chi connectivity index (χ3v) is 2.95. The van der Waals surface area contributed by atoms with Gasteiger partial charge in [-0.1, -0.05) is 11.6 Å². The standard InChI is InChI=1S/C12H12ClFO3/c13-10-5-9(1-2-11(10)14)17-7-12(15)8-3-4-16-6-8/h1-2,5,8H,3-4,6-7H2. The first-order valence-electron chi connectivity index (χ1n) is 5.35. The first kappa shape index (κ1) is 12.3. The summed E-state index contributed by atoms with van der Waals surface area (Å²) in [6, 6.07) is 4.01. The van der Waals surface area contributed by atoms with Crippen molar-refractivity contribution in [3.05, 3.63) is 29.0 Å². The monoisotopic (exact) mass is 258 g/mol. The highest BCUT2D eigenvalue weighted by atomic mass is 35.5. The molecule has 1 aromatic rings. The van der Waals surface area contributed by atoms with E-state index in [1.54, 1.807) is 0 Å². The Labute approximate surface area is 103 Å². The van der Waals surface area contributed by atoms with E-state index in [9.17, 15) is 9.18 Å². The summed E-state index contributed by atoms with van der Waals surface area (Å²) in [4.78, 5) is 11.7. The zero-order valence-electron chi connectivity index (χ0n) is 9.12. The van der Waals surface area contributed by atoms with Gasteiger partial charge in [0.25, 0.3) is 0 Å². The molecule has 0 N–H and O–H groups in total. The normalized spacial score (nSPS) is 19.3. The van der Waals surface area contributed by atoms with Crippen LogP contribution >= 0.6 is 11.6 Å². The van der Waals surface area contributed by atoms with Crippen LogP contribution in [0.2, 0.25) is 5.02 Å². The first-order valence-corrected chi connectivity index (χ1v) is 5.73. The summed E-state index contributed by atoms with van der Waals surface area (Å²) in [6.45, 7) is 1.06. The molecule has 1 heterocycles. The second-order valence-electron chi connectivity index (χ2n) is 3.89. The van der Waals surface area contributed by atoms with E-state index < -0.39 is 5.82 Å². The Kier molecular flexibility index (Phi) is 3.97. The molecule has 1 atom stereocenters. The van der Waals surface area contributed by atoms with Crippen molar-refractivity contribution < 1.29 is 18.7 Å². The molecule has 1 unspecified atom stereocenters. The molecule has 2 rings (SSSR count). The summed E-state index contributed by atoms with van der Waals surface area (Å²) < 4.78 is 23.3. The van der Waals surface area contributed by atoms with E-state index in [1.807, 2.05) is 0 Å². The third-order valence-electron chi connectivity index (χ3n) is 2.66. The van der Waals surface area contributed by atoms with Crippen molar-refractivity contribution >= 4 is 17.4 Å². The molecule has 0 aromatic heterocycles. The van der Waals surface area contributed by atoms with Gasteiger partial charge >= 0.3 is 0 Å². The molecule has 0 radical (unpaired) electrons. The fourth-order valence-electron chi connectivity index (χ4n) is 1.63. The van der Waals surface area contributed by atoms with Gasteiger partial charge < -0.3 is 9.47 Å². The lowest BCUT2D eigenvalue weighted by Crippen LogP contribution is -2.21. The quantitative estimate of drug-likeness (QED) is 0.832. The second kappa shape index (κ2) is 5.47. The maximum absolute atomic E-state index is 12.9. The molecule has 0 aliphatic carbocycles. The van der Waals surface area contributed by atoms with Crippen molar-refractivity contribution in [3.63, 3.8) is 0 Å². The van der Waals surface area contributed by atoms with Gasteiger partial charge in [-0.2, -0.15) is 0 Å². The number of ketones is 1. The first-order chi connectivity index (χ1) is 8.16. The van der Waals surface area contributed by atoms with E-state index in [0.717, 1.165) is 6.42 Å². The number of Topliss-reactive ketones (excluding diaryl/α,β-unsaturated/α-hetero) is 1. The Hall–Kier alpha value is -1.13. The summed E-state index contributed by atoms with van der Waals surface area (Å²) in [5.41, 5.74) is 0. The lowest BCUT2D eigenvalue weighted by Gasteiger charge is -2.09. The van der Waals surface area contributed by atoms with E-state index in [2.05, 4.69) is 0 Å². The van der Waals surface area contributed by atoms with Crippen molar-refractivity contribution in [1.29, 1.82) is 0 Å². The Bertz CT molecular complexity index is 416. The Morgan fingerprint density at radius 2 is 2.41 bits per heavy atom. The van der Waals surface area contributed by atoms with Crippen LogP contribution in [0.1, 0.15) is 6.42 Å². The number of carbonyl (C=O) groups is 1. The molecule has 0 spiro atoms. The van der Waals surface area contributed by atoms with E-state index in [1.165, 1.54) is 18.2 Å². The van der Waals surface area contributed by atoms with Gasteiger partial charge in [-0.3, -0.25) is 4.79 Å². The van der Waals surface area contributed by atoms with Gasteiger partial charge in [0.15, 0.2) is 5.78 Å². The number of hydrogen-bond donors (Lipinski definition) is 0. The highest BCUT2D eigenvalue weighted by molar-refractivity contribution is 6.30. The minimum Gasteiger partial charge on any atom is -0.486 e. The maximum Gasteiger partial charge on any atom is 0.175 e. The SMILES string of the molecule is O=C(COc1ccc(F)c(Cl)c1)C1CCOC1. The van der Waals surface area contributed by atoms with Crippen LogP contribution < -0.4 is 4.74 Å². The fraction of sp³-hybridized carbons (Fsp3) is 0.417. The Morgan fingerprint density at radius 1 is 1.59 bits per heavy atom. The Morgan fingerprint density at radius 3 is 3.06 bits per heavy atom. The molecular formula is C12H12ClFO3. The van der Waals surface area contributed by atoms with Crippen LogP contribution in [-0.4, -0.2) is 25.6 Å². The van der Waals surface area contributed by atoms with Crippen LogP contribution in [0.4, 0.5) is 4.39 Å². The summed E-state index contributed by atoms with van der Waals surface area (Å²) in [6.07, 6.45) is 0.742. The van der Waals surface area contributed by atoms with Gasteiger partial charge in [-0.25, -0.2) is 4.39 Å². The van der Waals surface area contributed by atoms with Crippen LogP contribution in [0.25, 0.3) is 0 Å². The smallest absolute Gasteiger partial charge is 0.175 e. The average Bonchev–Trinajstić information content (AvgIpc) is 2.84. The summed E-state index contributed by atoms with van der Waals surface area (Å²) >= 11 is 5.60. The Balaban J connectivity index is 1.88. The van der Waals surface area contributed by atoms with E-state index in [-0.39, 0.29) is 23.3 Å². The van der Waals surface area contributed by atoms with Gasteiger partial charge in [0.1, 0.15) is 18.2 Å². The molecule has 0 amide bonds. The topological polar surface area (TPSA) is 35.5 Å². The second-order valence-corrected chi connectivity index (χ2v) is 4.30. The maximum atomic E-state index is 12.9. The fourth-order valence-corrected chi connectivity index (χ4v) is 1.80. The van der Waals surface area contributed by atoms with Gasteiger partial charge in [0.2, 0.25) is 0 Å². The van der Waals surface area contributed by atoms with Crippen molar-refractivity contribution in [1.82, 2.24) is 0 Å². The number of benzene rings is 1. The van der Waals surface area contributed by atoms with Crippen LogP contribution in [0.5, 0.6) is 5.75 Å². The van der Waals surface area contributed by atoms with Crippen molar-refractivity contribution in [2.75, 3.05) is 19.8 Å². The van der Waals surface area contributed by atoms with Crippen LogP contribution in [0.15, 0.2) is 18.2 Å². The van der Waals surface area contributed by atoms with E-state index >= 15 is 0 Å². The van der Waals surface area contributed by atoms with Gasteiger partial charge in [0, 0.05) is 18.6 Å². The van der Waals surface area contributed by atoms with Crippen LogP contribution in [0.3, 0.4) is 0 Å². The number of ether oxygens (including phenoxy) is 2. The summed E-state index contributed by atoms with van der Waals surface area (Å²) in [5, 5.41) is -0.0147. The van der Waals surface area contributed by atoms with E-state index in [4.69, 9.17) is 21.1 Å². The molecule has 1 fully saturated rings. The lowest BCUT2D eigenvalue weighted by atomic mass is 10.0. The van der Waals surface area contributed by atoms with Crippen molar-refractivity contribution in [3.8, 4) is 5.75 Å². The zero-order valence-corrected chi connectivity index (χ0v) is 9.87. The minimum absolute atomic E-state index is 0.00273. The molecule has 1 aliphatic heterocycles. The predicted molar refractivity (Wildman–Crippen MR) is 60.8 cm³/mol. The molecule has 0 bridgehead atoms. The highest BCUT2D eigenvalue weighted by Gasteiger charge is 2.23. The molecule has 92 valence electrons. The molecular weight excluding hydrogens is 247 g/mol. The largest absolute Gasteiger partial charge is 0.486 e.